The van der Waals surface area contributed by atoms with Gasteiger partial charge in [0.15, 0.2) is 0 Å². The summed E-state index contributed by atoms with van der Waals surface area (Å²) in [5.41, 5.74) is 0.606. The van der Waals surface area contributed by atoms with Crippen LogP contribution in [-0.4, -0.2) is 18.2 Å². The van der Waals surface area contributed by atoms with Gasteiger partial charge < -0.3 is 4.74 Å². The highest BCUT2D eigenvalue weighted by atomic mass is 19.4. The maximum absolute atomic E-state index is 12.3. The van der Waals surface area contributed by atoms with E-state index in [0.717, 1.165) is 0 Å². The first-order chi connectivity index (χ1) is 6.98. The van der Waals surface area contributed by atoms with Crippen molar-refractivity contribution in [3.8, 4) is 0 Å². The van der Waals surface area contributed by atoms with Crippen molar-refractivity contribution in [2.75, 3.05) is 0 Å². The zero-order valence-corrected chi connectivity index (χ0v) is 7.54. The normalized spacial score (nSPS) is 20.7. The molecule has 1 heterocycles. The van der Waals surface area contributed by atoms with E-state index in [1.54, 1.807) is 12.1 Å². The fourth-order valence-corrected chi connectivity index (χ4v) is 1.51. The summed E-state index contributed by atoms with van der Waals surface area (Å²) in [4.78, 5) is 11.2. The zero-order chi connectivity index (χ0) is 11.1. The topological polar surface area (TPSA) is 26.3 Å². The molecule has 0 radical (unpaired) electrons. The first-order valence-electron chi connectivity index (χ1n) is 4.34. The molecule has 0 aliphatic carbocycles. The summed E-state index contributed by atoms with van der Waals surface area (Å²) in [6.07, 6.45) is -6.81. The Kier molecular flexibility index (Phi) is 2.17. The quantitative estimate of drug-likeness (QED) is 0.622. The highest BCUT2D eigenvalue weighted by Gasteiger charge is 2.45. The molecule has 0 spiro atoms. The largest absolute Gasteiger partial charge is 0.449 e. The van der Waals surface area contributed by atoms with Crippen LogP contribution in [0.2, 0.25) is 0 Å². The van der Waals surface area contributed by atoms with Gasteiger partial charge >= 0.3 is 12.1 Å². The number of ether oxygens (including phenoxy) is 1. The van der Waals surface area contributed by atoms with Crippen LogP contribution in [0.15, 0.2) is 24.3 Å². The Balaban J connectivity index is 2.35. The molecular weight excluding hydrogens is 209 g/mol. The Hall–Kier alpha value is -1.52. The first kappa shape index (κ1) is 10.0. The summed E-state index contributed by atoms with van der Waals surface area (Å²) in [6.45, 7) is 0. The lowest BCUT2D eigenvalue weighted by molar-refractivity contribution is -0.205. The van der Waals surface area contributed by atoms with Crippen molar-refractivity contribution in [1.29, 1.82) is 0 Å². The van der Waals surface area contributed by atoms with Gasteiger partial charge in [-0.1, -0.05) is 18.2 Å². The third-order valence-corrected chi connectivity index (χ3v) is 2.26. The average molecular weight is 216 g/mol. The van der Waals surface area contributed by atoms with Gasteiger partial charge in [0.25, 0.3) is 0 Å². The van der Waals surface area contributed by atoms with E-state index in [2.05, 4.69) is 4.74 Å². The molecule has 1 aromatic rings. The van der Waals surface area contributed by atoms with Crippen molar-refractivity contribution < 1.29 is 22.7 Å². The molecule has 2 rings (SSSR count). The van der Waals surface area contributed by atoms with Crippen LogP contribution in [-0.2, 0) is 11.2 Å². The number of esters is 1. The fourth-order valence-electron chi connectivity index (χ4n) is 1.51. The minimum atomic E-state index is -4.50. The Morgan fingerprint density at radius 3 is 2.60 bits per heavy atom. The van der Waals surface area contributed by atoms with Crippen molar-refractivity contribution in [2.24, 2.45) is 0 Å². The van der Waals surface area contributed by atoms with Crippen LogP contribution in [0.5, 0.6) is 0 Å². The third kappa shape index (κ3) is 1.82. The lowest BCUT2D eigenvalue weighted by atomic mass is 9.98. The van der Waals surface area contributed by atoms with Gasteiger partial charge in [-0.2, -0.15) is 13.2 Å². The monoisotopic (exact) mass is 216 g/mol. The van der Waals surface area contributed by atoms with Crippen molar-refractivity contribution in [3.63, 3.8) is 0 Å². The molecule has 15 heavy (non-hydrogen) atoms. The lowest BCUT2D eigenvalue weighted by Gasteiger charge is -2.26. The van der Waals surface area contributed by atoms with Crippen LogP contribution >= 0.6 is 0 Å². The van der Waals surface area contributed by atoms with Crippen molar-refractivity contribution in [1.82, 2.24) is 0 Å². The average Bonchev–Trinajstić information content (AvgIpc) is 2.16. The summed E-state index contributed by atoms with van der Waals surface area (Å²) >= 11 is 0. The summed E-state index contributed by atoms with van der Waals surface area (Å²) in [7, 11) is 0. The Bertz CT molecular complexity index is 398. The number of cyclic esters (lactones) is 1. The molecular formula is C10H7F3O2. The second kappa shape index (κ2) is 3.25. The van der Waals surface area contributed by atoms with E-state index < -0.39 is 18.2 Å². The van der Waals surface area contributed by atoms with E-state index in [0.29, 0.717) is 5.56 Å². The summed E-state index contributed by atoms with van der Waals surface area (Å²) in [5, 5.41) is 0. The van der Waals surface area contributed by atoms with E-state index >= 15 is 0 Å². The predicted molar refractivity (Wildman–Crippen MR) is 45.4 cm³/mol. The van der Waals surface area contributed by atoms with E-state index in [1.165, 1.54) is 12.1 Å². The lowest BCUT2D eigenvalue weighted by Crippen LogP contribution is -2.39. The second-order valence-corrected chi connectivity index (χ2v) is 3.30. The summed E-state index contributed by atoms with van der Waals surface area (Å²) < 4.78 is 41.3. The third-order valence-electron chi connectivity index (χ3n) is 2.26. The number of rotatable bonds is 0. The van der Waals surface area contributed by atoms with E-state index in [4.69, 9.17) is 0 Å². The van der Waals surface area contributed by atoms with E-state index in [1.807, 2.05) is 0 Å². The SMILES string of the molecule is O=C1OC(C(F)(F)F)Cc2ccccc21. The standard InChI is InChI=1S/C10H7F3O2/c11-10(12,13)8-5-6-3-1-2-4-7(6)9(14)15-8/h1-4,8H,5H2. The molecule has 1 aromatic carbocycles. The van der Waals surface area contributed by atoms with Gasteiger partial charge in [0.2, 0.25) is 6.10 Å². The van der Waals surface area contributed by atoms with Crippen LogP contribution < -0.4 is 0 Å². The number of benzene rings is 1. The molecule has 1 atom stereocenters. The summed E-state index contributed by atoms with van der Waals surface area (Å²) in [6, 6.07) is 6.16. The molecule has 0 aromatic heterocycles. The molecule has 1 aliphatic heterocycles. The minimum Gasteiger partial charge on any atom is -0.449 e. The number of fused-ring (bicyclic) bond motifs is 1. The highest BCUT2D eigenvalue weighted by Crippen LogP contribution is 2.31. The zero-order valence-electron chi connectivity index (χ0n) is 7.54. The van der Waals surface area contributed by atoms with Crippen molar-refractivity contribution >= 4 is 5.97 Å². The van der Waals surface area contributed by atoms with E-state index in [9.17, 15) is 18.0 Å². The summed E-state index contributed by atoms with van der Waals surface area (Å²) in [5.74, 6) is -0.904. The number of alkyl halides is 3. The number of carbonyl (C=O) groups excluding carboxylic acids is 1. The number of carbonyl (C=O) groups is 1. The molecule has 1 unspecified atom stereocenters. The molecule has 0 fully saturated rings. The van der Waals surface area contributed by atoms with E-state index in [-0.39, 0.29) is 12.0 Å². The van der Waals surface area contributed by atoms with Crippen LogP contribution in [0, 0.1) is 0 Å². The highest BCUT2D eigenvalue weighted by molar-refractivity contribution is 5.92. The predicted octanol–water partition coefficient (Wildman–Crippen LogP) is 2.33. The first-order valence-corrected chi connectivity index (χ1v) is 4.34. The molecule has 80 valence electrons. The van der Waals surface area contributed by atoms with Gasteiger partial charge in [-0.15, -0.1) is 0 Å². The van der Waals surface area contributed by atoms with Crippen LogP contribution in [0.4, 0.5) is 13.2 Å². The van der Waals surface area contributed by atoms with Crippen LogP contribution in [0.1, 0.15) is 15.9 Å². The van der Waals surface area contributed by atoms with Gasteiger partial charge in [-0.3, -0.25) is 0 Å². The molecule has 2 nitrogen and oxygen atoms in total. The van der Waals surface area contributed by atoms with Crippen LogP contribution in [0.25, 0.3) is 0 Å². The smallest absolute Gasteiger partial charge is 0.425 e. The van der Waals surface area contributed by atoms with Gasteiger partial charge in [-0.25, -0.2) is 4.79 Å². The second-order valence-electron chi connectivity index (χ2n) is 3.30. The minimum absolute atomic E-state index is 0.220. The fraction of sp³-hybridized carbons (Fsp3) is 0.300. The van der Waals surface area contributed by atoms with Crippen molar-refractivity contribution in [3.05, 3.63) is 35.4 Å². The Morgan fingerprint density at radius 2 is 1.93 bits per heavy atom. The number of hydrogen-bond donors (Lipinski definition) is 0. The molecule has 5 heteroatoms. The van der Waals surface area contributed by atoms with Gasteiger partial charge in [-0.05, 0) is 11.6 Å². The van der Waals surface area contributed by atoms with Gasteiger partial charge in [0, 0.05) is 6.42 Å². The molecule has 0 amide bonds. The van der Waals surface area contributed by atoms with Crippen molar-refractivity contribution in [2.45, 2.75) is 18.7 Å². The molecule has 0 bridgehead atoms. The van der Waals surface area contributed by atoms with Gasteiger partial charge in [0.1, 0.15) is 0 Å². The Morgan fingerprint density at radius 1 is 1.27 bits per heavy atom. The molecule has 1 aliphatic rings. The number of hydrogen-bond acceptors (Lipinski definition) is 2. The molecule has 0 saturated carbocycles. The maximum atomic E-state index is 12.3. The molecule has 0 saturated heterocycles. The molecule has 0 N–H and O–H groups in total. The number of halogens is 3. The Labute approximate surface area is 83.7 Å². The maximum Gasteiger partial charge on any atom is 0.425 e. The van der Waals surface area contributed by atoms with Crippen LogP contribution in [0.3, 0.4) is 0 Å². The van der Waals surface area contributed by atoms with Gasteiger partial charge in [0.05, 0.1) is 5.56 Å².